The van der Waals surface area contributed by atoms with Gasteiger partial charge in [-0.3, -0.25) is 0 Å². The Balaban J connectivity index is 2.15. The van der Waals surface area contributed by atoms with Crippen LogP contribution in [-0.4, -0.2) is 21.5 Å². The standard InChI is InChI=1S/C15H28N4/c1-12(2)8-9-15-14(10-11-16)17-18-19(15)13-6-4-3-5-7-13/h12-13H,3-11,16H2,1-2H3. The lowest BCUT2D eigenvalue weighted by Gasteiger charge is -2.23. The third-order valence-electron chi connectivity index (χ3n) is 4.13. The van der Waals surface area contributed by atoms with Crippen LogP contribution in [0.1, 0.15) is 69.8 Å². The maximum absolute atomic E-state index is 5.70. The van der Waals surface area contributed by atoms with Crippen LogP contribution in [-0.2, 0) is 12.8 Å². The van der Waals surface area contributed by atoms with Gasteiger partial charge in [0.15, 0.2) is 0 Å². The molecule has 0 radical (unpaired) electrons. The summed E-state index contributed by atoms with van der Waals surface area (Å²) in [5.74, 6) is 0.723. The van der Waals surface area contributed by atoms with Crippen LogP contribution in [0.2, 0.25) is 0 Å². The molecular weight excluding hydrogens is 236 g/mol. The molecule has 1 saturated carbocycles. The minimum Gasteiger partial charge on any atom is -0.330 e. The van der Waals surface area contributed by atoms with Gasteiger partial charge in [-0.25, -0.2) is 4.68 Å². The van der Waals surface area contributed by atoms with E-state index in [1.165, 1.54) is 44.2 Å². The average molecular weight is 264 g/mol. The molecule has 0 aliphatic heterocycles. The number of hydrogen-bond acceptors (Lipinski definition) is 3. The number of aromatic nitrogens is 3. The molecule has 0 spiro atoms. The molecule has 0 unspecified atom stereocenters. The van der Waals surface area contributed by atoms with Gasteiger partial charge in [-0.1, -0.05) is 38.3 Å². The molecule has 4 heteroatoms. The van der Waals surface area contributed by atoms with Crippen LogP contribution in [0.3, 0.4) is 0 Å². The maximum Gasteiger partial charge on any atom is 0.0871 e. The van der Waals surface area contributed by atoms with E-state index in [0.717, 1.165) is 24.5 Å². The summed E-state index contributed by atoms with van der Waals surface area (Å²) in [5, 5.41) is 8.84. The van der Waals surface area contributed by atoms with Gasteiger partial charge in [-0.2, -0.15) is 0 Å². The molecule has 0 bridgehead atoms. The van der Waals surface area contributed by atoms with Crippen molar-refractivity contribution in [3.8, 4) is 0 Å². The van der Waals surface area contributed by atoms with E-state index in [4.69, 9.17) is 5.73 Å². The molecule has 1 heterocycles. The summed E-state index contributed by atoms with van der Waals surface area (Å²) in [5.41, 5.74) is 8.18. The molecule has 0 amide bonds. The zero-order valence-electron chi connectivity index (χ0n) is 12.4. The zero-order chi connectivity index (χ0) is 13.7. The van der Waals surface area contributed by atoms with E-state index in [0.29, 0.717) is 12.6 Å². The highest BCUT2D eigenvalue weighted by atomic mass is 15.4. The Kier molecular flexibility index (Phi) is 5.37. The Bertz CT molecular complexity index is 377. The van der Waals surface area contributed by atoms with Crippen molar-refractivity contribution in [3.63, 3.8) is 0 Å². The molecule has 19 heavy (non-hydrogen) atoms. The van der Waals surface area contributed by atoms with Gasteiger partial charge < -0.3 is 5.73 Å². The molecule has 0 saturated heterocycles. The lowest BCUT2D eigenvalue weighted by molar-refractivity contribution is 0.315. The van der Waals surface area contributed by atoms with E-state index in [-0.39, 0.29) is 0 Å². The molecule has 1 aromatic rings. The van der Waals surface area contributed by atoms with Crippen molar-refractivity contribution in [2.45, 2.75) is 71.3 Å². The summed E-state index contributed by atoms with van der Waals surface area (Å²) in [6.45, 7) is 5.22. The Morgan fingerprint density at radius 1 is 1.21 bits per heavy atom. The number of nitrogens with two attached hydrogens (primary N) is 1. The predicted molar refractivity (Wildman–Crippen MR) is 78.1 cm³/mol. The first kappa shape index (κ1) is 14.5. The van der Waals surface area contributed by atoms with Gasteiger partial charge >= 0.3 is 0 Å². The third-order valence-corrected chi connectivity index (χ3v) is 4.13. The first-order valence-corrected chi connectivity index (χ1v) is 7.85. The molecule has 1 fully saturated rings. The molecule has 108 valence electrons. The van der Waals surface area contributed by atoms with Gasteiger partial charge in [-0.15, -0.1) is 5.10 Å². The zero-order valence-corrected chi connectivity index (χ0v) is 12.4. The minimum absolute atomic E-state index is 0.579. The van der Waals surface area contributed by atoms with E-state index in [9.17, 15) is 0 Å². The van der Waals surface area contributed by atoms with Crippen LogP contribution in [0.5, 0.6) is 0 Å². The van der Waals surface area contributed by atoms with Crippen molar-refractivity contribution in [2.75, 3.05) is 6.54 Å². The fraction of sp³-hybridized carbons (Fsp3) is 0.867. The van der Waals surface area contributed by atoms with Gasteiger partial charge in [0.05, 0.1) is 17.4 Å². The van der Waals surface area contributed by atoms with Gasteiger partial charge in [-0.05, 0) is 38.1 Å². The molecule has 2 rings (SSSR count). The van der Waals surface area contributed by atoms with Gasteiger partial charge in [0.2, 0.25) is 0 Å². The fourth-order valence-electron chi connectivity index (χ4n) is 2.98. The summed E-state index contributed by atoms with van der Waals surface area (Å²) in [7, 11) is 0. The largest absolute Gasteiger partial charge is 0.330 e. The van der Waals surface area contributed by atoms with E-state index >= 15 is 0 Å². The topological polar surface area (TPSA) is 56.7 Å². The third kappa shape index (κ3) is 3.78. The highest BCUT2D eigenvalue weighted by Crippen LogP contribution is 2.29. The summed E-state index contributed by atoms with van der Waals surface area (Å²) in [6, 6.07) is 0.579. The quantitative estimate of drug-likeness (QED) is 0.859. The van der Waals surface area contributed by atoms with E-state index in [1.54, 1.807) is 0 Å². The summed E-state index contributed by atoms with van der Waals surface area (Å²) >= 11 is 0. The van der Waals surface area contributed by atoms with Gasteiger partial charge in [0.25, 0.3) is 0 Å². The summed E-state index contributed by atoms with van der Waals surface area (Å²) < 4.78 is 2.23. The van der Waals surface area contributed by atoms with Crippen LogP contribution in [0.15, 0.2) is 0 Å². The van der Waals surface area contributed by atoms with Crippen LogP contribution in [0.4, 0.5) is 0 Å². The molecule has 0 aromatic carbocycles. The Hall–Kier alpha value is -0.900. The van der Waals surface area contributed by atoms with Crippen LogP contribution in [0, 0.1) is 5.92 Å². The number of nitrogens with zero attached hydrogens (tertiary/aromatic N) is 3. The average Bonchev–Trinajstić information content (AvgIpc) is 2.81. The fourth-order valence-corrected chi connectivity index (χ4v) is 2.98. The molecule has 0 atom stereocenters. The molecule has 2 N–H and O–H groups in total. The molecular formula is C15H28N4. The Morgan fingerprint density at radius 2 is 1.95 bits per heavy atom. The highest BCUT2D eigenvalue weighted by molar-refractivity contribution is 5.12. The Labute approximate surface area is 116 Å². The highest BCUT2D eigenvalue weighted by Gasteiger charge is 2.21. The second-order valence-electron chi connectivity index (χ2n) is 6.19. The van der Waals surface area contributed by atoms with Crippen LogP contribution in [0.25, 0.3) is 0 Å². The SMILES string of the molecule is CC(C)CCc1c(CCN)nnn1C1CCCCC1. The van der Waals surface area contributed by atoms with Crippen molar-refractivity contribution in [1.82, 2.24) is 15.0 Å². The minimum atomic E-state index is 0.579. The molecule has 1 aliphatic rings. The lowest BCUT2D eigenvalue weighted by Crippen LogP contribution is -2.18. The van der Waals surface area contributed by atoms with Crippen LogP contribution >= 0.6 is 0 Å². The van der Waals surface area contributed by atoms with Crippen molar-refractivity contribution in [2.24, 2.45) is 11.7 Å². The first-order chi connectivity index (χ1) is 9.22. The summed E-state index contributed by atoms with van der Waals surface area (Å²) in [4.78, 5) is 0. The molecule has 1 aliphatic carbocycles. The monoisotopic (exact) mass is 264 g/mol. The van der Waals surface area contributed by atoms with Crippen LogP contribution < -0.4 is 5.73 Å². The van der Waals surface area contributed by atoms with Gasteiger partial charge in [0, 0.05) is 6.42 Å². The first-order valence-electron chi connectivity index (χ1n) is 7.85. The normalized spacial score (nSPS) is 17.3. The Morgan fingerprint density at radius 3 is 2.58 bits per heavy atom. The number of hydrogen-bond donors (Lipinski definition) is 1. The predicted octanol–water partition coefficient (Wildman–Crippen LogP) is 2.87. The molecule has 4 nitrogen and oxygen atoms in total. The van der Waals surface area contributed by atoms with Crippen molar-refractivity contribution in [1.29, 1.82) is 0 Å². The maximum atomic E-state index is 5.70. The number of rotatable bonds is 6. The van der Waals surface area contributed by atoms with E-state index < -0.39 is 0 Å². The smallest absolute Gasteiger partial charge is 0.0871 e. The summed E-state index contributed by atoms with van der Waals surface area (Å²) in [6.07, 6.45) is 9.73. The van der Waals surface area contributed by atoms with E-state index in [2.05, 4.69) is 28.8 Å². The van der Waals surface area contributed by atoms with Crippen molar-refractivity contribution in [3.05, 3.63) is 11.4 Å². The van der Waals surface area contributed by atoms with Gasteiger partial charge in [0.1, 0.15) is 0 Å². The molecule has 1 aromatic heterocycles. The van der Waals surface area contributed by atoms with E-state index in [1.807, 2.05) is 0 Å². The second kappa shape index (κ2) is 7.04. The second-order valence-corrected chi connectivity index (χ2v) is 6.19. The van der Waals surface area contributed by atoms with Crippen molar-refractivity contribution < 1.29 is 0 Å². The lowest BCUT2D eigenvalue weighted by atomic mass is 9.95. The van der Waals surface area contributed by atoms with Crippen molar-refractivity contribution >= 4 is 0 Å².